The van der Waals surface area contributed by atoms with Crippen molar-refractivity contribution < 1.29 is 4.79 Å². The highest BCUT2D eigenvalue weighted by atomic mass is 35.5. The van der Waals surface area contributed by atoms with Crippen molar-refractivity contribution in [3.05, 3.63) is 41.6 Å². The molecule has 1 amide bonds. The van der Waals surface area contributed by atoms with Gasteiger partial charge in [0, 0.05) is 18.2 Å². The van der Waals surface area contributed by atoms with Gasteiger partial charge in [0.1, 0.15) is 0 Å². The number of anilines is 1. The number of amides is 1. The molecule has 1 N–H and O–H groups in total. The average Bonchev–Trinajstić information content (AvgIpc) is 2.29. The fourth-order valence-electron chi connectivity index (χ4n) is 1.43. The van der Waals surface area contributed by atoms with Crippen LogP contribution in [0.2, 0.25) is 5.15 Å². The standard InChI is InChI=1S/C12H10ClN3O/c1-8(17)14-10-4-2-3-9(7-10)11-5-6-12(13)16-15-11/h2-7H,1H3,(H,14,17). The van der Waals surface area contributed by atoms with Crippen molar-refractivity contribution in [2.45, 2.75) is 6.92 Å². The smallest absolute Gasteiger partial charge is 0.221 e. The van der Waals surface area contributed by atoms with Gasteiger partial charge in [0.25, 0.3) is 0 Å². The normalized spacial score (nSPS) is 10.0. The highest BCUT2D eigenvalue weighted by Gasteiger charge is 2.02. The van der Waals surface area contributed by atoms with Gasteiger partial charge in [-0.3, -0.25) is 4.79 Å². The van der Waals surface area contributed by atoms with Crippen molar-refractivity contribution in [2.75, 3.05) is 5.32 Å². The number of nitrogens with one attached hydrogen (secondary N) is 1. The van der Waals surface area contributed by atoms with E-state index in [0.717, 1.165) is 11.3 Å². The van der Waals surface area contributed by atoms with Gasteiger partial charge in [-0.15, -0.1) is 10.2 Å². The lowest BCUT2D eigenvalue weighted by Gasteiger charge is -2.04. The second-order valence-electron chi connectivity index (χ2n) is 3.50. The van der Waals surface area contributed by atoms with Crippen molar-refractivity contribution in [1.29, 1.82) is 0 Å². The minimum atomic E-state index is -0.107. The van der Waals surface area contributed by atoms with Crippen LogP contribution in [-0.2, 0) is 4.79 Å². The largest absolute Gasteiger partial charge is 0.326 e. The first kappa shape index (κ1) is 11.5. The predicted octanol–water partition coefficient (Wildman–Crippen LogP) is 2.76. The zero-order chi connectivity index (χ0) is 12.3. The Bertz CT molecular complexity index is 540. The molecule has 0 fully saturated rings. The fraction of sp³-hybridized carbons (Fsp3) is 0.0833. The monoisotopic (exact) mass is 247 g/mol. The molecule has 0 radical (unpaired) electrons. The Kier molecular flexibility index (Phi) is 3.35. The van der Waals surface area contributed by atoms with E-state index in [1.165, 1.54) is 6.92 Å². The van der Waals surface area contributed by atoms with E-state index in [1.807, 2.05) is 24.3 Å². The summed E-state index contributed by atoms with van der Waals surface area (Å²) in [6.07, 6.45) is 0. The molecule has 17 heavy (non-hydrogen) atoms. The van der Waals surface area contributed by atoms with Gasteiger partial charge in [0.15, 0.2) is 5.15 Å². The third-order valence-corrected chi connectivity index (χ3v) is 2.31. The number of benzene rings is 1. The van der Waals surface area contributed by atoms with Gasteiger partial charge < -0.3 is 5.32 Å². The van der Waals surface area contributed by atoms with Crippen LogP contribution in [0.3, 0.4) is 0 Å². The number of halogens is 1. The van der Waals surface area contributed by atoms with Crippen LogP contribution in [0.4, 0.5) is 5.69 Å². The number of nitrogens with zero attached hydrogens (tertiary/aromatic N) is 2. The van der Waals surface area contributed by atoms with E-state index >= 15 is 0 Å². The van der Waals surface area contributed by atoms with Crippen LogP contribution in [0.15, 0.2) is 36.4 Å². The molecule has 0 saturated carbocycles. The van der Waals surface area contributed by atoms with Crippen LogP contribution in [0.1, 0.15) is 6.92 Å². The van der Waals surface area contributed by atoms with Gasteiger partial charge in [-0.05, 0) is 24.3 Å². The molecule has 0 unspecified atom stereocenters. The number of aromatic nitrogens is 2. The lowest BCUT2D eigenvalue weighted by atomic mass is 10.1. The van der Waals surface area contributed by atoms with Crippen LogP contribution in [0.25, 0.3) is 11.3 Å². The quantitative estimate of drug-likeness (QED) is 0.888. The summed E-state index contributed by atoms with van der Waals surface area (Å²) in [4.78, 5) is 10.9. The molecule has 0 aliphatic rings. The van der Waals surface area contributed by atoms with Gasteiger partial charge >= 0.3 is 0 Å². The first-order chi connectivity index (χ1) is 8.15. The van der Waals surface area contributed by atoms with E-state index in [9.17, 15) is 4.79 Å². The molecule has 0 bridgehead atoms. The van der Waals surface area contributed by atoms with Crippen molar-refractivity contribution in [3.8, 4) is 11.3 Å². The molecule has 2 rings (SSSR count). The maximum atomic E-state index is 10.9. The van der Waals surface area contributed by atoms with Crippen LogP contribution in [0.5, 0.6) is 0 Å². The van der Waals surface area contributed by atoms with Gasteiger partial charge in [-0.2, -0.15) is 0 Å². The minimum Gasteiger partial charge on any atom is -0.326 e. The van der Waals surface area contributed by atoms with Gasteiger partial charge in [-0.25, -0.2) is 0 Å². The van der Waals surface area contributed by atoms with Crippen LogP contribution in [-0.4, -0.2) is 16.1 Å². The molecule has 0 aliphatic heterocycles. The summed E-state index contributed by atoms with van der Waals surface area (Å²) >= 11 is 5.67. The summed E-state index contributed by atoms with van der Waals surface area (Å²) in [5.41, 5.74) is 2.31. The van der Waals surface area contributed by atoms with E-state index in [2.05, 4.69) is 15.5 Å². The van der Waals surface area contributed by atoms with Crippen LogP contribution in [0, 0.1) is 0 Å². The first-order valence-corrected chi connectivity index (χ1v) is 5.40. The average molecular weight is 248 g/mol. The third-order valence-electron chi connectivity index (χ3n) is 2.11. The topological polar surface area (TPSA) is 54.9 Å². The van der Waals surface area contributed by atoms with Crippen molar-refractivity contribution in [2.24, 2.45) is 0 Å². The maximum Gasteiger partial charge on any atom is 0.221 e. The molecule has 0 spiro atoms. The Morgan fingerprint density at radius 2 is 2.06 bits per heavy atom. The van der Waals surface area contributed by atoms with Crippen LogP contribution >= 0.6 is 11.6 Å². The molecule has 1 heterocycles. The van der Waals surface area contributed by atoms with Crippen LogP contribution < -0.4 is 5.32 Å². The summed E-state index contributed by atoms with van der Waals surface area (Å²) < 4.78 is 0. The summed E-state index contributed by atoms with van der Waals surface area (Å²) in [7, 11) is 0. The molecule has 1 aromatic carbocycles. The lowest BCUT2D eigenvalue weighted by Crippen LogP contribution is -2.05. The Morgan fingerprint density at radius 3 is 2.71 bits per heavy atom. The predicted molar refractivity (Wildman–Crippen MR) is 66.8 cm³/mol. The summed E-state index contributed by atoms with van der Waals surface area (Å²) in [6.45, 7) is 1.47. The molecule has 0 aliphatic carbocycles. The lowest BCUT2D eigenvalue weighted by molar-refractivity contribution is -0.114. The molecule has 1 aromatic heterocycles. The Hall–Kier alpha value is -1.94. The van der Waals surface area contributed by atoms with E-state index in [-0.39, 0.29) is 5.91 Å². The minimum absolute atomic E-state index is 0.107. The zero-order valence-electron chi connectivity index (χ0n) is 9.14. The molecular formula is C12H10ClN3O. The van der Waals surface area contributed by atoms with Crippen molar-refractivity contribution >= 4 is 23.2 Å². The second-order valence-corrected chi connectivity index (χ2v) is 3.89. The molecule has 4 nitrogen and oxygen atoms in total. The molecule has 86 valence electrons. The molecular weight excluding hydrogens is 238 g/mol. The fourth-order valence-corrected chi connectivity index (χ4v) is 1.53. The van der Waals surface area contributed by atoms with Gasteiger partial charge in [0.2, 0.25) is 5.91 Å². The summed E-state index contributed by atoms with van der Waals surface area (Å²) in [5, 5.41) is 10.8. The number of hydrogen-bond donors (Lipinski definition) is 1. The maximum absolute atomic E-state index is 10.9. The highest BCUT2D eigenvalue weighted by molar-refractivity contribution is 6.29. The number of carbonyl (C=O) groups excluding carboxylic acids is 1. The summed E-state index contributed by atoms with van der Waals surface area (Å²) in [5.74, 6) is -0.107. The summed E-state index contributed by atoms with van der Waals surface area (Å²) in [6, 6.07) is 10.8. The Labute approximate surface area is 104 Å². The first-order valence-electron chi connectivity index (χ1n) is 5.02. The number of rotatable bonds is 2. The van der Waals surface area contributed by atoms with E-state index in [1.54, 1.807) is 12.1 Å². The molecule has 0 atom stereocenters. The van der Waals surface area contributed by atoms with Gasteiger partial charge in [0.05, 0.1) is 5.69 Å². The SMILES string of the molecule is CC(=O)Nc1cccc(-c2ccc(Cl)nn2)c1. The molecule has 0 saturated heterocycles. The van der Waals surface area contributed by atoms with Crippen molar-refractivity contribution in [3.63, 3.8) is 0 Å². The highest BCUT2D eigenvalue weighted by Crippen LogP contribution is 2.20. The number of carbonyl (C=O) groups is 1. The second kappa shape index (κ2) is 4.93. The Balaban J connectivity index is 2.32. The third kappa shape index (κ3) is 3.01. The number of hydrogen-bond acceptors (Lipinski definition) is 3. The van der Waals surface area contributed by atoms with Crippen molar-refractivity contribution in [1.82, 2.24) is 10.2 Å². The van der Waals surface area contributed by atoms with Gasteiger partial charge in [-0.1, -0.05) is 23.7 Å². The van der Waals surface area contributed by atoms with E-state index < -0.39 is 0 Å². The molecule has 5 heteroatoms. The molecule has 2 aromatic rings. The Morgan fingerprint density at radius 1 is 1.24 bits per heavy atom. The van der Waals surface area contributed by atoms with E-state index in [0.29, 0.717) is 10.8 Å². The van der Waals surface area contributed by atoms with E-state index in [4.69, 9.17) is 11.6 Å². The zero-order valence-corrected chi connectivity index (χ0v) is 9.90.